The molecule has 0 bridgehead atoms. The van der Waals surface area contributed by atoms with E-state index in [0.29, 0.717) is 0 Å². The van der Waals surface area contributed by atoms with E-state index in [9.17, 15) is 0 Å². The molecule has 0 fully saturated rings. The van der Waals surface area contributed by atoms with Gasteiger partial charge < -0.3 is 9.32 Å². The molecular formula is C48H35B4NO. The molecule has 0 saturated heterocycles. The predicted molar refractivity (Wildman–Crippen MR) is 245 cm³/mol. The fourth-order valence-electron chi connectivity index (χ4n) is 8.82. The van der Waals surface area contributed by atoms with Gasteiger partial charge in [-0.25, -0.2) is 0 Å². The highest BCUT2D eigenvalue weighted by Gasteiger charge is 2.23. The lowest BCUT2D eigenvalue weighted by Crippen LogP contribution is -2.46. The molecule has 1 aromatic heterocycles. The van der Waals surface area contributed by atoms with Crippen LogP contribution in [0, 0.1) is 0 Å². The van der Waals surface area contributed by atoms with E-state index < -0.39 is 0 Å². The number of anilines is 3. The van der Waals surface area contributed by atoms with Gasteiger partial charge in [0, 0.05) is 27.8 Å². The maximum absolute atomic E-state index is 6.21. The highest BCUT2D eigenvalue weighted by Crippen LogP contribution is 2.41. The van der Waals surface area contributed by atoms with Crippen molar-refractivity contribution in [2.75, 3.05) is 4.90 Å². The van der Waals surface area contributed by atoms with Crippen molar-refractivity contribution in [1.82, 2.24) is 0 Å². The molecule has 0 spiro atoms. The Balaban J connectivity index is 1.21. The van der Waals surface area contributed by atoms with Crippen molar-refractivity contribution < 1.29 is 4.42 Å². The summed E-state index contributed by atoms with van der Waals surface area (Å²) in [7, 11) is 9.16. The highest BCUT2D eigenvalue weighted by molar-refractivity contribution is 6.63. The Kier molecular flexibility index (Phi) is 7.56. The van der Waals surface area contributed by atoms with Crippen molar-refractivity contribution in [3.05, 3.63) is 164 Å². The van der Waals surface area contributed by atoms with E-state index in [1.54, 1.807) is 0 Å². The maximum atomic E-state index is 6.21. The SMILES string of the molecule is Bc1c(B)c(N(c2ccc(-c3ccccc3)cc2)c2ccc3c4ccccc4c4ccccc4c3c2)c(B)c(B)c1-c1ccc2oc3ccccc3c2c1. The third-order valence-electron chi connectivity index (χ3n) is 11.7. The third-order valence-corrected chi connectivity index (χ3v) is 11.7. The number of rotatable bonds is 5. The topological polar surface area (TPSA) is 16.4 Å². The number of para-hydroxylation sites is 1. The fourth-order valence-corrected chi connectivity index (χ4v) is 8.82. The first-order valence-corrected chi connectivity index (χ1v) is 18.8. The molecule has 0 aliphatic rings. The Morgan fingerprint density at radius 2 is 0.815 bits per heavy atom. The molecule has 2 nitrogen and oxygen atoms in total. The van der Waals surface area contributed by atoms with Crippen molar-refractivity contribution in [3.8, 4) is 22.3 Å². The van der Waals surface area contributed by atoms with E-state index >= 15 is 0 Å². The van der Waals surface area contributed by atoms with E-state index in [1.807, 2.05) is 12.1 Å². The maximum Gasteiger partial charge on any atom is 0.141 e. The molecule has 0 unspecified atom stereocenters. The van der Waals surface area contributed by atoms with Crippen molar-refractivity contribution in [1.29, 1.82) is 0 Å². The molecule has 0 atom stereocenters. The molecule has 10 rings (SSSR count). The molecule has 6 heteroatoms. The molecular weight excluding hydrogens is 650 g/mol. The first-order valence-electron chi connectivity index (χ1n) is 18.8. The quantitative estimate of drug-likeness (QED) is 0.145. The molecule has 9 aromatic carbocycles. The van der Waals surface area contributed by atoms with Crippen LogP contribution in [0.4, 0.5) is 17.1 Å². The van der Waals surface area contributed by atoms with Crippen molar-refractivity contribution in [2.45, 2.75) is 0 Å². The van der Waals surface area contributed by atoms with Gasteiger partial charge in [0.2, 0.25) is 0 Å². The molecule has 1 heterocycles. The number of benzene rings is 9. The number of hydrogen-bond donors (Lipinski definition) is 0. The zero-order chi connectivity index (χ0) is 36.5. The zero-order valence-electron chi connectivity index (χ0n) is 30.9. The number of nitrogens with zero attached hydrogens (tertiary/aromatic N) is 1. The Bertz CT molecular complexity index is 3030. The average molecular weight is 685 g/mol. The predicted octanol–water partition coefficient (Wildman–Crippen LogP) is 6.88. The van der Waals surface area contributed by atoms with Gasteiger partial charge in [-0.1, -0.05) is 143 Å². The molecule has 0 radical (unpaired) electrons. The summed E-state index contributed by atoms with van der Waals surface area (Å²) >= 11 is 0. The zero-order valence-corrected chi connectivity index (χ0v) is 30.9. The standard InChI is InChI=1S/C48H35B4NO/c49-44-43(30-20-25-42-40(26-30)38-16-8-9-17-41(38)54-42)45(50)47(52)48(46(44)51)53(31-21-18-29(19-22-31)28-10-2-1-3-11-28)32-23-24-37-35-14-5-4-12-33(35)34-13-6-7-15-36(34)39(37)27-32/h1-27H,49-52H2. The lowest BCUT2D eigenvalue weighted by molar-refractivity contribution is 0.669. The second kappa shape index (κ2) is 12.6. The molecule has 0 saturated carbocycles. The largest absolute Gasteiger partial charge is 0.456 e. The van der Waals surface area contributed by atoms with Crippen LogP contribution in [-0.2, 0) is 0 Å². The second-order valence-corrected chi connectivity index (χ2v) is 14.6. The van der Waals surface area contributed by atoms with Crippen LogP contribution in [0.3, 0.4) is 0 Å². The van der Waals surface area contributed by atoms with Crippen molar-refractivity contribution >= 4 is 125 Å². The average Bonchev–Trinajstić information content (AvgIpc) is 3.60. The smallest absolute Gasteiger partial charge is 0.141 e. The van der Waals surface area contributed by atoms with Gasteiger partial charge in [-0.2, -0.15) is 0 Å². The van der Waals surface area contributed by atoms with Crippen LogP contribution in [0.1, 0.15) is 0 Å². The van der Waals surface area contributed by atoms with Crippen LogP contribution >= 0.6 is 0 Å². The van der Waals surface area contributed by atoms with Gasteiger partial charge in [-0.05, 0) is 97.0 Å². The Morgan fingerprint density at radius 1 is 0.333 bits per heavy atom. The Labute approximate surface area is 318 Å². The van der Waals surface area contributed by atoms with E-state index in [4.69, 9.17) is 4.42 Å². The van der Waals surface area contributed by atoms with Crippen LogP contribution in [0.2, 0.25) is 0 Å². The van der Waals surface area contributed by atoms with Crippen molar-refractivity contribution in [3.63, 3.8) is 0 Å². The molecule has 250 valence electrons. The van der Waals surface area contributed by atoms with Gasteiger partial charge in [-0.3, -0.25) is 0 Å². The van der Waals surface area contributed by atoms with Crippen LogP contribution in [-0.4, -0.2) is 31.4 Å². The Morgan fingerprint density at radius 3 is 1.46 bits per heavy atom. The van der Waals surface area contributed by atoms with Crippen molar-refractivity contribution in [2.24, 2.45) is 0 Å². The van der Waals surface area contributed by atoms with E-state index in [2.05, 4.69) is 188 Å². The van der Waals surface area contributed by atoms with E-state index in [1.165, 1.54) is 82.1 Å². The van der Waals surface area contributed by atoms with Gasteiger partial charge in [0.15, 0.2) is 0 Å². The minimum atomic E-state index is 0.919. The first-order chi connectivity index (χ1) is 26.5. The highest BCUT2D eigenvalue weighted by atomic mass is 16.3. The number of hydrogen-bond acceptors (Lipinski definition) is 2. The lowest BCUT2D eigenvalue weighted by Gasteiger charge is -2.33. The molecule has 0 N–H and O–H groups in total. The summed E-state index contributed by atoms with van der Waals surface area (Å²) in [6.07, 6.45) is 0. The normalized spacial score (nSPS) is 11.6. The van der Waals surface area contributed by atoms with Crippen LogP contribution in [0.25, 0.3) is 76.5 Å². The van der Waals surface area contributed by atoms with Gasteiger partial charge in [0.05, 0.1) is 0 Å². The number of fused-ring (bicyclic) bond motifs is 9. The van der Waals surface area contributed by atoms with Gasteiger partial charge in [0.25, 0.3) is 0 Å². The van der Waals surface area contributed by atoms with Gasteiger partial charge >= 0.3 is 0 Å². The van der Waals surface area contributed by atoms with Gasteiger partial charge in [-0.15, -0.1) is 0 Å². The molecule has 0 aliphatic carbocycles. The second-order valence-electron chi connectivity index (χ2n) is 14.6. The molecule has 0 aliphatic heterocycles. The van der Waals surface area contributed by atoms with Crippen LogP contribution in [0.5, 0.6) is 0 Å². The summed E-state index contributed by atoms with van der Waals surface area (Å²) in [4.78, 5) is 2.49. The van der Waals surface area contributed by atoms with Crippen LogP contribution in [0.15, 0.2) is 168 Å². The fraction of sp³-hybridized carbons (Fsp3) is 0. The Hall–Kier alpha value is -6.38. The minimum Gasteiger partial charge on any atom is -0.456 e. The van der Waals surface area contributed by atoms with E-state index in [0.717, 1.165) is 33.3 Å². The summed E-state index contributed by atoms with van der Waals surface area (Å²) in [5.41, 5.74) is 15.3. The monoisotopic (exact) mass is 685 g/mol. The minimum absolute atomic E-state index is 0.919. The molecule has 0 amide bonds. The first kappa shape index (κ1) is 32.3. The molecule has 10 aromatic rings. The summed E-state index contributed by atoms with van der Waals surface area (Å²) in [6.45, 7) is 0. The van der Waals surface area contributed by atoms with Gasteiger partial charge in [0.1, 0.15) is 42.6 Å². The lowest BCUT2D eigenvalue weighted by atomic mass is 9.64. The molecule has 54 heavy (non-hydrogen) atoms. The summed E-state index contributed by atoms with van der Waals surface area (Å²) in [6, 6.07) is 59.4. The summed E-state index contributed by atoms with van der Waals surface area (Å²) in [5.74, 6) is 0. The third kappa shape index (κ3) is 5.01. The summed E-state index contributed by atoms with van der Waals surface area (Å²) in [5, 5.41) is 9.94. The van der Waals surface area contributed by atoms with E-state index in [-0.39, 0.29) is 0 Å². The number of furan rings is 1. The summed E-state index contributed by atoms with van der Waals surface area (Å²) < 4.78 is 6.21. The van der Waals surface area contributed by atoms with Crippen LogP contribution < -0.4 is 26.8 Å².